The minimum absolute atomic E-state index is 0.247. The van der Waals surface area contributed by atoms with Crippen molar-refractivity contribution in [3.05, 3.63) is 52.1 Å². The predicted octanol–water partition coefficient (Wildman–Crippen LogP) is 5.10. The van der Waals surface area contributed by atoms with Gasteiger partial charge in [0, 0.05) is 9.99 Å². The van der Waals surface area contributed by atoms with Crippen molar-refractivity contribution in [2.75, 3.05) is 6.61 Å². The summed E-state index contributed by atoms with van der Waals surface area (Å²) in [6.07, 6.45) is 2.46. The molecule has 0 radical (unpaired) electrons. The first-order chi connectivity index (χ1) is 10.1. The van der Waals surface area contributed by atoms with Crippen LogP contribution in [0.4, 0.5) is 0 Å². The van der Waals surface area contributed by atoms with Gasteiger partial charge in [-0.1, -0.05) is 24.3 Å². The highest BCUT2D eigenvalue weighted by Crippen LogP contribution is 2.23. The zero-order chi connectivity index (χ0) is 15.1. The van der Waals surface area contributed by atoms with E-state index in [4.69, 9.17) is 4.74 Å². The Morgan fingerprint density at radius 1 is 0.952 bits per heavy atom. The molecule has 0 N–H and O–H groups in total. The molecule has 0 atom stereocenters. The minimum atomic E-state index is 0.247. The highest BCUT2D eigenvalue weighted by atomic mass is 127. The van der Waals surface area contributed by atoms with E-state index in [1.807, 2.05) is 12.1 Å². The van der Waals surface area contributed by atoms with Crippen LogP contribution in [-0.4, -0.2) is 12.4 Å². The molecular formula is C18H19IO2. The summed E-state index contributed by atoms with van der Waals surface area (Å²) in [5.74, 6) is 1.13. The quantitative estimate of drug-likeness (QED) is 0.483. The summed E-state index contributed by atoms with van der Waals surface area (Å²) in [6, 6.07) is 16.6. The molecule has 2 rings (SSSR count). The molecule has 2 nitrogen and oxygen atoms in total. The van der Waals surface area contributed by atoms with Gasteiger partial charge in [-0.3, -0.25) is 0 Å². The number of hydrogen-bond donors (Lipinski definition) is 0. The summed E-state index contributed by atoms with van der Waals surface area (Å²) < 4.78 is 6.92. The molecule has 0 aliphatic rings. The summed E-state index contributed by atoms with van der Waals surface area (Å²) in [7, 11) is 0. The lowest BCUT2D eigenvalue weighted by atomic mass is 10.1. The molecule has 0 amide bonds. The molecule has 0 aliphatic carbocycles. The first-order valence-corrected chi connectivity index (χ1v) is 8.21. The maximum atomic E-state index is 10.8. The fourth-order valence-corrected chi connectivity index (χ4v) is 2.41. The van der Waals surface area contributed by atoms with E-state index in [2.05, 4.69) is 59.0 Å². The van der Waals surface area contributed by atoms with Gasteiger partial charge in [-0.2, -0.15) is 0 Å². The molecule has 110 valence electrons. The molecule has 0 heterocycles. The van der Waals surface area contributed by atoms with Crippen LogP contribution in [0.1, 0.15) is 26.2 Å². The fraction of sp³-hybridized carbons (Fsp3) is 0.278. The summed E-state index contributed by atoms with van der Waals surface area (Å²) in [6.45, 7) is 2.29. The summed E-state index contributed by atoms with van der Waals surface area (Å²) in [5, 5.41) is 0. The zero-order valence-electron chi connectivity index (χ0n) is 12.1. The molecule has 0 saturated carbocycles. The first kappa shape index (κ1) is 16.0. The Bertz CT molecular complexity index is 573. The van der Waals surface area contributed by atoms with Crippen molar-refractivity contribution in [3.8, 4) is 16.9 Å². The lowest BCUT2D eigenvalue weighted by Crippen LogP contribution is -1.99. The Morgan fingerprint density at radius 3 is 2.10 bits per heavy atom. The van der Waals surface area contributed by atoms with Gasteiger partial charge in [0.25, 0.3) is 0 Å². The van der Waals surface area contributed by atoms with Gasteiger partial charge in [0.2, 0.25) is 0 Å². The molecular weight excluding hydrogens is 375 g/mol. The third kappa shape index (κ3) is 5.50. The fourth-order valence-electron chi connectivity index (χ4n) is 2.05. The van der Waals surface area contributed by atoms with Gasteiger partial charge in [0.1, 0.15) is 11.5 Å². The maximum Gasteiger partial charge on any atom is 0.129 e. The van der Waals surface area contributed by atoms with Crippen LogP contribution in [0.25, 0.3) is 11.1 Å². The van der Waals surface area contributed by atoms with Gasteiger partial charge >= 0.3 is 0 Å². The van der Waals surface area contributed by atoms with E-state index in [0.717, 1.165) is 18.6 Å². The number of ketones is 1. The standard InChI is InChI=1S/C18H19IO2/c1-14(20)4-2-3-13-21-18-11-7-16(8-12-18)15-5-9-17(19)10-6-15/h5-12H,2-4,13H2,1H3. The molecule has 2 aromatic rings. The SMILES string of the molecule is CC(=O)CCCCOc1ccc(-c2ccc(I)cc2)cc1. The third-order valence-electron chi connectivity index (χ3n) is 3.22. The largest absolute Gasteiger partial charge is 0.494 e. The van der Waals surface area contributed by atoms with Gasteiger partial charge in [0.05, 0.1) is 6.61 Å². The van der Waals surface area contributed by atoms with E-state index in [-0.39, 0.29) is 5.78 Å². The van der Waals surface area contributed by atoms with Crippen molar-refractivity contribution in [1.82, 2.24) is 0 Å². The van der Waals surface area contributed by atoms with Crippen molar-refractivity contribution in [3.63, 3.8) is 0 Å². The van der Waals surface area contributed by atoms with Crippen molar-refractivity contribution in [2.45, 2.75) is 26.2 Å². The number of halogens is 1. The number of unbranched alkanes of at least 4 members (excludes halogenated alkanes) is 1. The topological polar surface area (TPSA) is 26.3 Å². The van der Waals surface area contributed by atoms with Crippen molar-refractivity contribution in [2.24, 2.45) is 0 Å². The molecule has 3 heteroatoms. The highest BCUT2D eigenvalue weighted by molar-refractivity contribution is 14.1. The predicted molar refractivity (Wildman–Crippen MR) is 94.6 cm³/mol. The zero-order valence-corrected chi connectivity index (χ0v) is 14.3. The van der Waals surface area contributed by atoms with E-state index in [9.17, 15) is 4.79 Å². The number of carbonyl (C=O) groups excluding carboxylic acids is 1. The van der Waals surface area contributed by atoms with E-state index in [0.29, 0.717) is 13.0 Å². The average molecular weight is 394 g/mol. The van der Waals surface area contributed by atoms with Gasteiger partial charge in [-0.15, -0.1) is 0 Å². The monoisotopic (exact) mass is 394 g/mol. The van der Waals surface area contributed by atoms with Crippen LogP contribution in [0.3, 0.4) is 0 Å². The second-order valence-electron chi connectivity index (χ2n) is 5.04. The normalized spacial score (nSPS) is 10.4. The summed E-state index contributed by atoms with van der Waals surface area (Å²) in [5.41, 5.74) is 2.40. The number of carbonyl (C=O) groups is 1. The lowest BCUT2D eigenvalue weighted by molar-refractivity contribution is -0.117. The number of benzene rings is 2. The van der Waals surface area contributed by atoms with Crippen molar-refractivity contribution >= 4 is 28.4 Å². The maximum absolute atomic E-state index is 10.8. The van der Waals surface area contributed by atoms with Crippen LogP contribution in [0.2, 0.25) is 0 Å². The molecule has 2 aromatic carbocycles. The van der Waals surface area contributed by atoms with E-state index < -0.39 is 0 Å². The molecule has 0 saturated heterocycles. The van der Waals surface area contributed by atoms with E-state index in [1.54, 1.807) is 6.92 Å². The average Bonchev–Trinajstić information content (AvgIpc) is 2.48. The third-order valence-corrected chi connectivity index (χ3v) is 3.94. The van der Waals surface area contributed by atoms with Crippen LogP contribution in [0.5, 0.6) is 5.75 Å². The lowest BCUT2D eigenvalue weighted by Gasteiger charge is -2.07. The Labute approximate surface area is 139 Å². The van der Waals surface area contributed by atoms with E-state index in [1.165, 1.54) is 14.7 Å². The van der Waals surface area contributed by atoms with Crippen LogP contribution >= 0.6 is 22.6 Å². The van der Waals surface area contributed by atoms with Crippen LogP contribution < -0.4 is 4.74 Å². The number of hydrogen-bond acceptors (Lipinski definition) is 2. The first-order valence-electron chi connectivity index (χ1n) is 7.13. The Hall–Kier alpha value is -1.36. The Morgan fingerprint density at radius 2 is 1.52 bits per heavy atom. The molecule has 0 unspecified atom stereocenters. The van der Waals surface area contributed by atoms with Crippen LogP contribution in [-0.2, 0) is 4.79 Å². The van der Waals surface area contributed by atoms with Gasteiger partial charge in [-0.05, 0) is 77.7 Å². The number of rotatable bonds is 7. The van der Waals surface area contributed by atoms with Crippen molar-refractivity contribution in [1.29, 1.82) is 0 Å². The smallest absolute Gasteiger partial charge is 0.129 e. The molecule has 0 aliphatic heterocycles. The van der Waals surface area contributed by atoms with Crippen LogP contribution in [0, 0.1) is 3.57 Å². The Kier molecular flexibility index (Phi) is 6.23. The summed E-state index contributed by atoms with van der Waals surface area (Å²) in [4.78, 5) is 10.8. The number of ether oxygens (including phenoxy) is 1. The Balaban J connectivity index is 1.84. The van der Waals surface area contributed by atoms with Crippen molar-refractivity contribution < 1.29 is 9.53 Å². The van der Waals surface area contributed by atoms with Gasteiger partial charge in [0.15, 0.2) is 0 Å². The molecule has 21 heavy (non-hydrogen) atoms. The van der Waals surface area contributed by atoms with Crippen LogP contribution in [0.15, 0.2) is 48.5 Å². The molecule has 0 aromatic heterocycles. The highest BCUT2D eigenvalue weighted by Gasteiger charge is 1.99. The van der Waals surface area contributed by atoms with E-state index >= 15 is 0 Å². The van der Waals surface area contributed by atoms with Gasteiger partial charge < -0.3 is 9.53 Å². The summed E-state index contributed by atoms with van der Waals surface area (Å²) >= 11 is 2.31. The minimum Gasteiger partial charge on any atom is -0.494 e. The second-order valence-corrected chi connectivity index (χ2v) is 6.28. The van der Waals surface area contributed by atoms with Gasteiger partial charge in [-0.25, -0.2) is 0 Å². The number of Topliss-reactive ketones (excluding diaryl/α,β-unsaturated/α-hetero) is 1. The molecule has 0 bridgehead atoms. The molecule has 0 spiro atoms. The second kappa shape index (κ2) is 8.17. The molecule has 0 fully saturated rings.